The van der Waals surface area contributed by atoms with E-state index in [0.29, 0.717) is 21.9 Å². The number of nitrogens with zero attached hydrogens (tertiary/aromatic N) is 1. The van der Waals surface area contributed by atoms with E-state index in [0.717, 1.165) is 5.39 Å². The number of nitrogens with one attached hydrogen (secondary N) is 1. The van der Waals surface area contributed by atoms with Crippen LogP contribution in [0.2, 0.25) is 5.15 Å². The fourth-order valence-electron chi connectivity index (χ4n) is 2.28. The highest BCUT2D eigenvalue weighted by molar-refractivity contribution is 6.29. The van der Waals surface area contributed by atoms with Crippen molar-refractivity contribution in [3.05, 3.63) is 71.4 Å². The van der Waals surface area contributed by atoms with Crippen molar-refractivity contribution in [1.29, 1.82) is 0 Å². The van der Waals surface area contributed by atoms with Crippen LogP contribution in [-0.4, -0.2) is 23.0 Å². The number of hydrogen-bond acceptors (Lipinski definition) is 4. The number of hydrogen-bond donors (Lipinski definition) is 1. The number of esters is 1. The number of ether oxygens (including phenoxy) is 1. The number of aromatic nitrogens is 1. The van der Waals surface area contributed by atoms with Crippen LogP contribution >= 0.6 is 11.6 Å². The molecule has 6 heteroatoms. The summed E-state index contributed by atoms with van der Waals surface area (Å²) >= 11 is 5.84. The van der Waals surface area contributed by atoms with Crippen molar-refractivity contribution >= 4 is 40.1 Å². The molecule has 1 amide bonds. The van der Waals surface area contributed by atoms with Crippen molar-refractivity contribution in [2.24, 2.45) is 0 Å². The van der Waals surface area contributed by atoms with E-state index in [9.17, 15) is 9.59 Å². The minimum Gasteiger partial charge on any atom is -0.449 e. The molecule has 0 aliphatic carbocycles. The third kappa shape index (κ3) is 4.14. The molecular weight excluding hydrogens is 340 g/mol. The molecular formula is C19H15ClN2O3. The summed E-state index contributed by atoms with van der Waals surface area (Å²) in [5.74, 6) is -0.971. The summed E-state index contributed by atoms with van der Waals surface area (Å²) in [5.41, 5.74) is 1.67. The first kappa shape index (κ1) is 16.9. The van der Waals surface area contributed by atoms with Crippen molar-refractivity contribution in [1.82, 2.24) is 4.98 Å². The number of rotatable bonds is 4. The molecule has 0 saturated heterocycles. The predicted molar refractivity (Wildman–Crippen MR) is 96.7 cm³/mol. The zero-order valence-electron chi connectivity index (χ0n) is 13.4. The van der Waals surface area contributed by atoms with E-state index in [-0.39, 0.29) is 0 Å². The average molecular weight is 355 g/mol. The Labute approximate surface area is 149 Å². The van der Waals surface area contributed by atoms with Crippen molar-refractivity contribution in [2.75, 3.05) is 5.32 Å². The van der Waals surface area contributed by atoms with Crippen LogP contribution in [0, 0.1) is 0 Å². The maximum Gasteiger partial charge on any atom is 0.338 e. The molecule has 25 heavy (non-hydrogen) atoms. The van der Waals surface area contributed by atoms with Gasteiger partial charge in [0, 0.05) is 11.1 Å². The van der Waals surface area contributed by atoms with Gasteiger partial charge in [0.2, 0.25) is 0 Å². The van der Waals surface area contributed by atoms with Crippen LogP contribution in [0.4, 0.5) is 5.69 Å². The fourth-order valence-corrected chi connectivity index (χ4v) is 2.43. The van der Waals surface area contributed by atoms with Gasteiger partial charge in [-0.05, 0) is 49.4 Å². The highest BCUT2D eigenvalue weighted by Crippen LogP contribution is 2.18. The number of anilines is 1. The van der Waals surface area contributed by atoms with Crippen molar-refractivity contribution in [3.8, 4) is 0 Å². The summed E-state index contributed by atoms with van der Waals surface area (Å²) in [5, 5.41) is 3.84. The lowest BCUT2D eigenvalue weighted by Crippen LogP contribution is -2.29. The molecule has 1 heterocycles. The van der Waals surface area contributed by atoms with Crippen LogP contribution in [0.3, 0.4) is 0 Å². The second-order valence-corrected chi connectivity index (χ2v) is 5.83. The molecule has 126 valence electrons. The van der Waals surface area contributed by atoms with Crippen LogP contribution in [0.1, 0.15) is 17.3 Å². The highest BCUT2D eigenvalue weighted by Gasteiger charge is 2.19. The second-order valence-electron chi connectivity index (χ2n) is 5.44. The smallest absolute Gasteiger partial charge is 0.338 e. The Hall–Kier alpha value is -2.92. The summed E-state index contributed by atoms with van der Waals surface area (Å²) in [6.45, 7) is 1.53. The van der Waals surface area contributed by atoms with Crippen LogP contribution in [0.5, 0.6) is 0 Å². The van der Waals surface area contributed by atoms with Crippen molar-refractivity contribution < 1.29 is 14.3 Å². The molecule has 1 unspecified atom stereocenters. The molecule has 0 radical (unpaired) electrons. The second kappa shape index (κ2) is 7.32. The molecule has 0 aliphatic heterocycles. The van der Waals surface area contributed by atoms with Gasteiger partial charge in [-0.1, -0.05) is 29.8 Å². The molecule has 2 aromatic carbocycles. The Kier molecular flexibility index (Phi) is 4.95. The molecule has 0 spiro atoms. The Balaban J connectivity index is 1.68. The lowest BCUT2D eigenvalue weighted by atomic mass is 10.1. The van der Waals surface area contributed by atoms with E-state index >= 15 is 0 Å². The molecule has 3 rings (SSSR count). The van der Waals surface area contributed by atoms with Gasteiger partial charge in [-0.3, -0.25) is 4.79 Å². The number of amides is 1. The van der Waals surface area contributed by atoms with Crippen molar-refractivity contribution in [2.45, 2.75) is 13.0 Å². The average Bonchev–Trinajstić information content (AvgIpc) is 2.62. The molecule has 1 N–H and O–H groups in total. The van der Waals surface area contributed by atoms with E-state index < -0.39 is 18.0 Å². The van der Waals surface area contributed by atoms with E-state index in [1.165, 1.54) is 6.92 Å². The Bertz CT molecular complexity index is 928. The van der Waals surface area contributed by atoms with Gasteiger partial charge in [-0.25, -0.2) is 9.78 Å². The molecule has 1 atom stereocenters. The fraction of sp³-hybridized carbons (Fsp3) is 0.105. The molecule has 0 aliphatic rings. The topological polar surface area (TPSA) is 68.3 Å². The highest BCUT2D eigenvalue weighted by atomic mass is 35.5. The van der Waals surface area contributed by atoms with E-state index in [4.69, 9.17) is 16.3 Å². The molecule has 3 aromatic rings. The number of fused-ring (bicyclic) bond motifs is 1. The Morgan fingerprint density at radius 3 is 2.60 bits per heavy atom. The summed E-state index contributed by atoms with van der Waals surface area (Å²) in [4.78, 5) is 28.6. The van der Waals surface area contributed by atoms with E-state index in [1.54, 1.807) is 42.5 Å². The molecule has 0 saturated carbocycles. The number of carbonyl (C=O) groups is 2. The minimum absolute atomic E-state index is 0.344. The summed E-state index contributed by atoms with van der Waals surface area (Å²) < 4.78 is 5.25. The van der Waals surface area contributed by atoms with Crippen LogP contribution in [0.15, 0.2) is 60.7 Å². The number of halogens is 1. The zero-order chi connectivity index (χ0) is 17.8. The maximum atomic E-state index is 12.3. The number of benzene rings is 2. The van der Waals surface area contributed by atoms with Gasteiger partial charge in [-0.15, -0.1) is 0 Å². The Morgan fingerprint density at radius 2 is 1.84 bits per heavy atom. The zero-order valence-corrected chi connectivity index (χ0v) is 14.2. The van der Waals surface area contributed by atoms with Gasteiger partial charge in [0.1, 0.15) is 5.15 Å². The summed E-state index contributed by atoms with van der Waals surface area (Å²) in [7, 11) is 0. The molecule has 5 nitrogen and oxygen atoms in total. The first-order valence-corrected chi connectivity index (χ1v) is 8.04. The van der Waals surface area contributed by atoms with Crippen LogP contribution in [0.25, 0.3) is 10.9 Å². The first-order valence-electron chi connectivity index (χ1n) is 7.66. The summed E-state index contributed by atoms with van der Waals surface area (Å²) in [6, 6.07) is 17.3. The molecule has 0 fully saturated rings. The van der Waals surface area contributed by atoms with E-state index in [2.05, 4.69) is 10.3 Å². The first-order chi connectivity index (χ1) is 12.0. The summed E-state index contributed by atoms with van der Waals surface area (Å²) in [6.07, 6.45) is -0.924. The number of carbonyl (C=O) groups excluding carboxylic acids is 2. The minimum atomic E-state index is -0.924. The molecule has 0 bridgehead atoms. The number of para-hydroxylation sites is 1. The largest absolute Gasteiger partial charge is 0.449 e. The number of pyridine rings is 1. The van der Waals surface area contributed by atoms with Gasteiger partial charge >= 0.3 is 5.97 Å². The van der Waals surface area contributed by atoms with Gasteiger partial charge < -0.3 is 10.1 Å². The quantitative estimate of drug-likeness (QED) is 0.566. The van der Waals surface area contributed by atoms with Gasteiger partial charge in [0.15, 0.2) is 6.10 Å². The third-order valence-corrected chi connectivity index (χ3v) is 3.80. The maximum absolute atomic E-state index is 12.3. The van der Waals surface area contributed by atoms with Gasteiger partial charge in [0.05, 0.1) is 11.1 Å². The van der Waals surface area contributed by atoms with Gasteiger partial charge in [0.25, 0.3) is 5.91 Å². The van der Waals surface area contributed by atoms with E-state index in [1.807, 2.05) is 18.2 Å². The monoisotopic (exact) mass is 354 g/mol. The lowest BCUT2D eigenvalue weighted by Gasteiger charge is -2.13. The SMILES string of the molecule is CC(OC(=O)c1ccc2nc(Cl)ccc2c1)C(=O)Nc1ccccc1. The van der Waals surface area contributed by atoms with Crippen molar-refractivity contribution in [3.63, 3.8) is 0 Å². The normalized spacial score (nSPS) is 11.8. The standard InChI is InChI=1S/C19H15ClN2O3/c1-12(18(23)21-15-5-3-2-4-6-15)25-19(24)14-7-9-16-13(11-14)8-10-17(20)22-16/h2-12H,1H3,(H,21,23). The van der Waals surface area contributed by atoms with Gasteiger partial charge in [-0.2, -0.15) is 0 Å². The lowest BCUT2D eigenvalue weighted by molar-refractivity contribution is -0.123. The predicted octanol–water partition coefficient (Wildman–Crippen LogP) is 4.07. The van der Waals surface area contributed by atoms with Crippen LogP contribution < -0.4 is 5.32 Å². The Morgan fingerprint density at radius 1 is 1.08 bits per heavy atom. The third-order valence-electron chi connectivity index (χ3n) is 3.59. The molecule has 1 aromatic heterocycles. The van der Waals surface area contributed by atoms with Crippen LogP contribution in [-0.2, 0) is 9.53 Å².